The Kier molecular flexibility index (Phi) is 19.7. The Balaban J connectivity index is 3.50. The standard InChI is InChI=1S/C23H35NO5/c1-2-3-4-5-6-7-8-9-10-11-12-13-14-15-16-17-18-20-23(25)28-21-19-22-29-24(26)27/h3-4,6-7,9-10,12-13,15-16H,2,5,8,11,14,17-22H2,1H3/b4-3-,7-6-,10-9-,13-12-,16-15-. The molecule has 0 saturated heterocycles. The van der Waals surface area contributed by atoms with Crippen LogP contribution < -0.4 is 0 Å². The lowest BCUT2D eigenvalue weighted by Crippen LogP contribution is -2.09. The van der Waals surface area contributed by atoms with Crippen LogP contribution in [0.2, 0.25) is 0 Å². The van der Waals surface area contributed by atoms with Crippen molar-refractivity contribution in [1.82, 2.24) is 0 Å². The van der Waals surface area contributed by atoms with E-state index in [1.165, 1.54) is 0 Å². The van der Waals surface area contributed by atoms with E-state index < -0.39 is 5.09 Å². The Bertz CT molecular complexity index is 562. The fourth-order valence-electron chi connectivity index (χ4n) is 2.19. The quantitative estimate of drug-likeness (QED) is 0.0912. The van der Waals surface area contributed by atoms with Crippen LogP contribution in [-0.2, 0) is 14.4 Å². The summed E-state index contributed by atoms with van der Waals surface area (Å²) >= 11 is 0. The van der Waals surface area contributed by atoms with Crippen molar-refractivity contribution < 1.29 is 19.5 Å². The minimum absolute atomic E-state index is 0.0552. The Hall–Kier alpha value is -2.63. The van der Waals surface area contributed by atoms with Crippen LogP contribution in [0.4, 0.5) is 0 Å². The highest BCUT2D eigenvalue weighted by Gasteiger charge is 2.02. The van der Waals surface area contributed by atoms with Crippen LogP contribution in [0.3, 0.4) is 0 Å². The maximum Gasteiger partial charge on any atom is 0.305 e. The minimum atomic E-state index is -0.854. The first-order chi connectivity index (χ1) is 14.2. The van der Waals surface area contributed by atoms with Gasteiger partial charge >= 0.3 is 5.97 Å². The third kappa shape index (κ3) is 23.3. The molecule has 0 aromatic carbocycles. The van der Waals surface area contributed by atoms with Crippen LogP contribution >= 0.6 is 0 Å². The van der Waals surface area contributed by atoms with Gasteiger partial charge in [0.25, 0.3) is 5.09 Å². The van der Waals surface area contributed by atoms with Gasteiger partial charge in [-0.15, -0.1) is 10.1 Å². The number of carbonyl (C=O) groups is 1. The molecule has 0 radical (unpaired) electrons. The summed E-state index contributed by atoms with van der Waals surface area (Å²) in [6.07, 6.45) is 28.6. The van der Waals surface area contributed by atoms with Gasteiger partial charge in [0.05, 0.1) is 13.2 Å². The van der Waals surface area contributed by atoms with Crippen molar-refractivity contribution >= 4 is 5.97 Å². The summed E-state index contributed by atoms with van der Waals surface area (Å²) in [6.45, 7) is 2.23. The van der Waals surface area contributed by atoms with Gasteiger partial charge < -0.3 is 9.57 Å². The molecule has 6 nitrogen and oxygen atoms in total. The van der Waals surface area contributed by atoms with E-state index in [2.05, 4.69) is 72.5 Å². The highest BCUT2D eigenvalue weighted by Crippen LogP contribution is 2.01. The average molecular weight is 406 g/mol. The number of rotatable bonds is 18. The number of ether oxygens (including phenoxy) is 1. The van der Waals surface area contributed by atoms with E-state index in [1.54, 1.807) is 0 Å². The molecular weight excluding hydrogens is 370 g/mol. The lowest BCUT2D eigenvalue weighted by Gasteiger charge is -2.03. The lowest BCUT2D eigenvalue weighted by atomic mass is 10.2. The first kappa shape index (κ1) is 26.4. The molecule has 0 saturated carbocycles. The summed E-state index contributed by atoms with van der Waals surface area (Å²) in [6, 6.07) is 0. The zero-order valence-electron chi connectivity index (χ0n) is 17.5. The van der Waals surface area contributed by atoms with Crippen molar-refractivity contribution in [2.24, 2.45) is 0 Å². The third-order valence-electron chi connectivity index (χ3n) is 3.66. The van der Waals surface area contributed by atoms with E-state index in [0.29, 0.717) is 12.8 Å². The molecule has 0 unspecified atom stereocenters. The van der Waals surface area contributed by atoms with E-state index in [-0.39, 0.29) is 19.2 Å². The number of esters is 1. The van der Waals surface area contributed by atoms with E-state index >= 15 is 0 Å². The number of allylic oxidation sites excluding steroid dienone is 10. The van der Waals surface area contributed by atoms with Gasteiger partial charge in [-0.3, -0.25) is 4.79 Å². The molecule has 6 heteroatoms. The lowest BCUT2D eigenvalue weighted by molar-refractivity contribution is -0.757. The van der Waals surface area contributed by atoms with Crippen molar-refractivity contribution in [3.05, 3.63) is 70.9 Å². The Labute approximate surface area is 174 Å². The number of unbranched alkanes of at least 4 members (excludes halogenated alkanes) is 1. The monoisotopic (exact) mass is 405 g/mol. The van der Waals surface area contributed by atoms with Crippen molar-refractivity contribution in [3.63, 3.8) is 0 Å². The number of nitrogens with zero attached hydrogens (tertiary/aromatic N) is 1. The normalized spacial score (nSPS) is 12.2. The van der Waals surface area contributed by atoms with Gasteiger partial charge in [-0.05, 0) is 44.9 Å². The first-order valence-corrected chi connectivity index (χ1v) is 10.3. The molecule has 0 N–H and O–H groups in total. The van der Waals surface area contributed by atoms with Crippen molar-refractivity contribution in [3.8, 4) is 0 Å². The summed E-state index contributed by atoms with van der Waals surface area (Å²) in [4.78, 5) is 25.5. The van der Waals surface area contributed by atoms with Crippen LogP contribution in [-0.4, -0.2) is 24.3 Å². The minimum Gasteiger partial charge on any atom is -0.466 e. The second-order valence-corrected chi connectivity index (χ2v) is 6.23. The molecule has 162 valence electrons. The average Bonchev–Trinajstić information content (AvgIpc) is 2.69. The summed E-state index contributed by atoms with van der Waals surface area (Å²) in [5.41, 5.74) is 0. The maximum absolute atomic E-state index is 11.5. The van der Waals surface area contributed by atoms with Crippen LogP contribution in [0.15, 0.2) is 60.8 Å². The zero-order chi connectivity index (χ0) is 21.4. The van der Waals surface area contributed by atoms with Gasteiger partial charge in [-0.2, -0.15) is 0 Å². The molecule has 0 rings (SSSR count). The summed E-state index contributed by atoms with van der Waals surface area (Å²) < 4.78 is 4.96. The highest BCUT2D eigenvalue weighted by atomic mass is 16.9. The molecule has 0 aromatic heterocycles. The molecule has 0 amide bonds. The molecule has 0 spiro atoms. The highest BCUT2D eigenvalue weighted by molar-refractivity contribution is 5.69. The summed E-state index contributed by atoms with van der Waals surface area (Å²) in [5, 5.41) is 9.08. The smallest absolute Gasteiger partial charge is 0.305 e. The maximum atomic E-state index is 11.5. The predicted molar refractivity (Wildman–Crippen MR) is 117 cm³/mol. The van der Waals surface area contributed by atoms with E-state index in [9.17, 15) is 14.9 Å². The van der Waals surface area contributed by atoms with Crippen molar-refractivity contribution in [1.29, 1.82) is 0 Å². The Morgan fingerprint density at radius 2 is 1.31 bits per heavy atom. The molecule has 0 aliphatic carbocycles. The zero-order valence-corrected chi connectivity index (χ0v) is 17.5. The van der Waals surface area contributed by atoms with Gasteiger partial charge in [0.2, 0.25) is 0 Å². The predicted octanol–water partition coefficient (Wildman–Crippen LogP) is 6.05. The van der Waals surface area contributed by atoms with Gasteiger partial charge in [0, 0.05) is 12.8 Å². The van der Waals surface area contributed by atoms with Crippen molar-refractivity contribution in [2.45, 2.75) is 64.7 Å². The van der Waals surface area contributed by atoms with Gasteiger partial charge in [0.15, 0.2) is 0 Å². The fourth-order valence-corrected chi connectivity index (χ4v) is 2.19. The van der Waals surface area contributed by atoms with E-state index in [1.807, 2.05) is 0 Å². The SMILES string of the molecule is CC/C=C\C/C=C\C/C=C\C/C=C\C/C=C\CCCC(=O)OCCCO[N+](=O)[O-]. The largest absolute Gasteiger partial charge is 0.466 e. The third-order valence-corrected chi connectivity index (χ3v) is 3.66. The Morgan fingerprint density at radius 1 is 0.793 bits per heavy atom. The van der Waals surface area contributed by atoms with Crippen LogP contribution in [0.25, 0.3) is 0 Å². The summed E-state index contributed by atoms with van der Waals surface area (Å²) in [7, 11) is 0. The van der Waals surface area contributed by atoms with Crippen LogP contribution in [0, 0.1) is 10.1 Å². The van der Waals surface area contributed by atoms with Gasteiger partial charge in [0.1, 0.15) is 0 Å². The molecule has 0 bridgehead atoms. The molecule has 0 aliphatic rings. The molecule has 0 heterocycles. The molecule has 29 heavy (non-hydrogen) atoms. The van der Waals surface area contributed by atoms with Crippen LogP contribution in [0.5, 0.6) is 0 Å². The van der Waals surface area contributed by atoms with E-state index in [4.69, 9.17) is 4.74 Å². The summed E-state index contributed by atoms with van der Waals surface area (Å²) in [5.74, 6) is -0.279. The number of carbonyl (C=O) groups excluding carboxylic acids is 1. The Morgan fingerprint density at radius 3 is 1.83 bits per heavy atom. The van der Waals surface area contributed by atoms with Crippen molar-refractivity contribution in [2.75, 3.05) is 13.2 Å². The number of hydrogen-bond acceptors (Lipinski definition) is 5. The molecule has 0 aromatic rings. The number of hydrogen-bond donors (Lipinski definition) is 0. The fraction of sp³-hybridized carbons (Fsp3) is 0.522. The molecular formula is C23H35NO5. The van der Waals surface area contributed by atoms with E-state index in [0.717, 1.165) is 44.9 Å². The van der Waals surface area contributed by atoms with Gasteiger partial charge in [-0.1, -0.05) is 67.7 Å². The molecule has 0 atom stereocenters. The van der Waals surface area contributed by atoms with Gasteiger partial charge in [-0.25, -0.2) is 0 Å². The second kappa shape index (κ2) is 21.7. The first-order valence-electron chi connectivity index (χ1n) is 10.3. The topological polar surface area (TPSA) is 78.7 Å². The second-order valence-electron chi connectivity index (χ2n) is 6.23. The molecule has 0 aliphatic heterocycles. The van der Waals surface area contributed by atoms with Crippen LogP contribution in [0.1, 0.15) is 64.7 Å². The molecule has 0 fully saturated rings.